The van der Waals surface area contributed by atoms with Crippen LogP contribution in [0.3, 0.4) is 0 Å². The van der Waals surface area contributed by atoms with E-state index in [4.69, 9.17) is 0 Å². The number of rotatable bonds is 5. The number of nitrogens with one attached hydrogen (secondary N) is 1. The van der Waals surface area contributed by atoms with Crippen molar-refractivity contribution in [2.75, 3.05) is 31.5 Å². The fraction of sp³-hybridized carbons (Fsp3) is 0.375. The van der Waals surface area contributed by atoms with Gasteiger partial charge < -0.3 is 15.1 Å². The number of amides is 1. The number of benzene rings is 1. The SMILES string of the molecule is O=C(c1ccc(Nc2nccc(-c3cccs3)n2)cc1)N1CCC(N2CCCC2)CC1. The first kappa shape index (κ1) is 20.2. The number of carbonyl (C=O) groups excluding carboxylic acids is 1. The summed E-state index contributed by atoms with van der Waals surface area (Å²) in [6.45, 7) is 4.16. The summed E-state index contributed by atoms with van der Waals surface area (Å²) in [5.74, 6) is 0.677. The molecule has 0 spiro atoms. The molecule has 1 amide bonds. The van der Waals surface area contributed by atoms with Crippen LogP contribution in [0.2, 0.25) is 0 Å². The van der Waals surface area contributed by atoms with Crippen molar-refractivity contribution < 1.29 is 4.79 Å². The highest BCUT2D eigenvalue weighted by Gasteiger charge is 2.28. The van der Waals surface area contributed by atoms with Crippen molar-refractivity contribution in [2.24, 2.45) is 0 Å². The average Bonchev–Trinajstić information content (AvgIpc) is 3.54. The monoisotopic (exact) mass is 433 g/mol. The first-order valence-corrected chi connectivity index (χ1v) is 11.9. The van der Waals surface area contributed by atoms with Crippen LogP contribution < -0.4 is 5.32 Å². The first-order chi connectivity index (χ1) is 15.3. The van der Waals surface area contributed by atoms with E-state index in [0.29, 0.717) is 12.0 Å². The Balaban J connectivity index is 1.19. The van der Waals surface area contributed by atoms with Gasteiger partial charge in [-0.3, -0.25) is 4.79 Å². The van der Waals surface area contributed by atoms with E-state index in [0.717, 1.165) is 47.8 Å². The Hall–Kier alpha value is -2.77. The molecular formula is C24H27N5OS. The van der Waals surface area contributed by atoms with Crippen molar-refractivity contribution in [1.82, 2.24) is 19.8 Å². The molecule has 4 heterocycles. The quantitative estimate of drug-likeness (QED) is 0.635. The molecular weight excluding hydrogens is 406 g/mol. The van der Waals surface area contributed by atoms with E-state index in [1.165, 1.54) is 25.9 Å². The van der Waals surface area contributed by atoms with Crippen LogP contribution in [0.5, 0.6) is 0 Å². The molecule has 0 atom stereocenters. The Morgan fingerprint density at radius 2 is 1.77 bits per heavy atom. The maximum atomic E-state index is 12.9. The minimum Gasteiger partial charge on any atom is -0.339 e. The molecule has 0 unspecified atom stereocenters. The van der Waals surface area contributed by atoms with E-state index in [1.54, 1.807) is 17.5 Å². The van der Waals surface area contributed by atoms with Crippen LogP contribution in [-0.4, -0.2) is 57.9 Å². The summed E-state index contributed by atoms with van der Waals surface area (Å²) in [6, 6.07) is 14.2. The third-order valence-electron chi connectivity index (χ3n) is 6.23. The molecule has 1 N–H and O–H groups in total. The van der Waals surface area contributed by atoms with Gasteiger partial charge in [0.1, 0.15) is 0 Å². The highest BCUT2D eigenvalue weighted by atomic mass is 32.1. The minimum absolute atomic E-state index is 0.127. The molecule has 5 rings (SSSR count). The number of piperidine rings is 1. The van der Waals surface area contributed by atoms with Crippen molar-refractivity contribution in [2.45, 2.75) is 31.7 Å². The van der Waals surface area contributed by atoms with Crippen LogP contribution in [0, 0.1) is 0 Å². The Morgan fingerprint density at radius 3 is 2.48 bits per heavy atom. The van der Waals surface area contributed by atoms with Crippen LogP contribution in [0.25, 0.3) is 10.6 Å². The number of carbonyl (C=O) groups is 1. The van der Waals surface area contributed by atoms with Gasteiger partial charge in [0.15, 0.2) is 0 Å². The van der Waals surface area contributed by atoms with Crippen molar-refractivity contribution in [3.8, 4) is 10.6 Å². The van der Waals surface area contributed by atoms with Crippen LogP contribution >= 0.6 is 11.3 Å². The third kappa shape index (κ3) is 4.62. The van der Waals surface area contributed by atoms with Crippen molar-refractivity contribution in [3.63, 3.8) is 0 Å². The normalized spacial score (nSPS) is 17.7. The van der Waals surface area contributed by atoms with E-state index in [9.17, 15) is 4.79 Å². The van der Waals surface area contributed by atoms with Crippen molar-refractivity contribution >= 4 is 28.9 Å². The zero-order valence-corrected chi connectivity index (χ0v) is 18.4. The lowest BCUT2D eigenvalue weighted by molar-refractivity contribution is 0.0644. The van der Waals surface area contributed by atoms with Gasteiger partial charge in [-0.15, -0.1) is 11.3 Å². The fourth-order valence-electron chi connectivity index (χ4n) is 4.53. The Kier molecular flexibility index (Phi) is 5.95. The number of likely N-dealkylation sites (tertiary alicyclic amines) is 2. The second kappa shape index (κ2) is 9.16. The van der Waals surface area contributed by atoms with Gasteiger partial charge in [0, 0.05) is 36.6 Å². The lowest BCUT2D eigenvalue weighted by atomic mass is 10.0. The summed E-state index contributed by atoms with van der Waals surface area (Å²) in [5, 5.41) is 5.28. The molecule has 6 nitrogen and oxygen atoms in total. The largest absolute Gasteiger partial charge is 0.339 e. The van der Waals surface area contributed by atoms with Crippen LogP contribution in [0.15, 0.2) is 54.0 Å². The van der Waals surface area contributed by atoms with Gasteiger partial charge in [0.05, 0.1) is 10.6 Å². The molecule has 2 aliphatic heterocycles. The van der Waals surface area contributed by atoms with Gasteiger partial charge in [-0.1, -0.05) is 6.07 Å². The molecule has 0 aliphatic carbocycles. The maximum absolute atomic E-state index is 12.9. The number of hydrogen-bond acceptors (Lipinski definition) is 6. The molecule has 0 radical (unpaired) electrons. The molecule has 0 saturated carbocycles. The van der Waals surface area contributed by atoms with Crippen LogP contribution in [0.1, 0.15) is 36.0 Å². The topological polar surface area (TPSA) is 61.4 Å². The van der Waals surface area contributed by atoms with Crippen molar-refractivity contribution in [1.29, 1.82) is 0 Å². The summed E-state index contributed by atoms with van der Waals surface area (Å²) >= 11 is 1.65. The summed E-state index contributed by atoms with van der Waals surface area (Å²) in [6.07, 6.45) is 6.58. The van der Waals surface area contributed by atoms with Gasteiger partial charge >= 0.3 is 0 Å². The zero-order valence-electron chi connectivity index (χ0n) is 17.5. The van der Waals surface area contributed by atoms with Gasteiger partial charge in [0.25, 0.3) is 5.91 Å². The first-order valence-electron chi connectivity index (χ1n) is 11.0. The second-order valence-corrected chi connectivity index (χ2v) is 9.16. The number of nitrogens with zero attached hydrogens (tertiary/aromatic N) is 4. The Bertz CT molecular complexity index is 1010. The Morgan fingerprint density at radius 1 is 1.00 bits per heavy atom. The van der Waals surface area contributed by atoms with Crippen molar-refractivity contribution in [3.05, 3.63) is 59.6 Å². The molecule has 1 aromatic carbocycles. The van der Waals surface area contributed by atoms with E-state index in [-0.39, 0.29) is 5.91 Å². The third-order valence-corrected chi connectivity index (χ3v) is 7.12. The molecule has 2 fully saturated rings. The summed E-state index contributed by atoms with van der Waals surface area (Å²) in [5.41, 5.74) is 2.50. The minimum atomic E-state index is 0.127. The van der Waals surface area contributed by atoms with Gasteiger partial charge in [-0.25, -0.2) is 9.97 Å². The van der Waals surface area contributed by atoms with Crippen LogP contribution in [-0.2, 0) is 0 Å². The Labute approximate surface area is 186 Å². The highest BCUT2D eigenvalue weighted by molar-refractivity contribution is 7.13. The molecule has 2 saturated heterocycles. The number of anilines is 2. The number of hydrogen-bond donors (Lipinski definition) is 1. The molecule has 160 valence electrons. The molecule has 31 heavy (non-hydrogen) atoms. The second-order valence-electron chi connectivity index (χ2n) is 8.21. The zero-order chi connectivity index (χ0) is 21.0. The van der Waals surface area contributed by atoms with Gasteiger partial charge in [0.2, 0.25) is 5.95 Å². The summed E-state index contributed by atoms with van der Waals surface area (Å²) < 4.78 is 0. The predicted molar refractivity (Wildman–Crippen MR) is 125 cm³/mol. The van der Waals surface area contributed by atoms with E-state index in [1.807, 2.05) is 52.7 Å². The van der Waals surface area contributed by atoms with Gasteiger partial charge in [-0.05, 0) is 80.6 Å². The molecule has 2 aliphatic rings. The lowest BCUT2D eigenvalue weighted by Crippen LogP contribution is -2.45. The average molecular weight is 434 g/mol. The summed E-state index contributed by atoms with van der Waals surface area (Å²) in [4.78, 5) is 27.6. The fourth-order valence-corrected chi connectivity index (χ4v) is 5.22. The predicted octanol–water partition coefficient (Wildman–Crippen LogP) is 4.65. The van der Waals surface area contributed by atoms with E-state index >= 15 is 0 Å². The molecule has 7 heteroatoms. The molecule has 2 aromatic heterocycles. The summed E-state index contributed by atoms with van der Waals surface area (Å²) in [7, 11) is 0. The van der Waals surface area contributed by atoms with Gasteiger partial charge in [-0.2, -0.15) is 0 Å². The maximum Gasteiger partial charge on any atom is 0.253 e. The number of aromatic nitrogens is 2. The van der Waals surface area contributed by atoms with Crippen LogP contribution in [0.4, 0.5) is 11.6 Å². The standard InChI is InChI=1S/C24H27N5OS/c30-23(29-15-10-20(11-16-29)28-13-1-2-14-28)18-5-7-19(8-6-18)26-24-25-12-9-21(27-24)22-4-3-17-31-22/h3-9,12,17,20H,1-2,10-11,13-16H2,(H,25,26,27). The number of thiophene rings is 1. The highest BCUT2D eigenvalue weighted by Crippen LogP contribution is 2.25. The smallest absolute Gasteiger partial charge is 0.253 e. The lowest BCUT2D eigenvalue weighted by Gasteiger charge is -2.36. The van der Waals surface area contributed by atoms with E-state index < -0.39 is 0 Å². The van der Waals surface area contributed by atoms with E-state index in [2.05, 4.69) is 20.2 Å². The molecule has 0 bridgehead atoms. The molecule has 3 aromatic rings.